The maximum Gasteiger partial charge on any atom is 4.00 e. The minimum absolute atomic E-state index is 0. The molecule has 0 aromatic rings. The minimum Gasteiger partial charge on any atom is -1.00 e. The van der Waals surface area contributed by atoms with Crippen LogP contribution in [-0.2, 0) is 26.2 Å². The Kier molecular flexibility index (Phi) is 10.8. The summed E-state index contributed by atoms with van der Waals surface area (Å²) in [6.45, 7) is 21.8. The van der Waals surface area contributed by atoms with E-state index in [0.29, 0.717) is 0 Å². The first-order chi connectivity index (χ1) is 8.90. The minimum atomic E-state index is 0. The molecule has 0 unspecified atom stereocenters. The SMILES string of the molecule is CC1=[C-]C(C)(C)C(C)=C1C.CC1=[C-]C(C)(C)C(C)=C1C.[H-].[H-].[H-].[K+].[Zr+4]. The van der Waals surface area contributed by atoms with Gasteiger partial charge in [0.2, 0.25) is 0 Å². The first-order valence-corrected chi connectivity index (χ1v) is 7.50. The van der Waals surface area contributed by atoms with Crippen molar-refractivity contribution < 1.29 is 81.9 Å². The largest absolute Gasteiger partial charge is 4.00 e. The second kappa shape index (κ2) is 9.25. The Balaban J connectivity index is -0.0000000889. The zero-order valence-corrected chi connectivity index (χ0v) is 22.1. The molecule has 2 rings (SSSR count). The summed E-state index contributed by atoms with van der Waals surface area (Å²) in [5.74, 6) is 0. The van der Waals surface area contributed by atoms with Crippen LogP contribution < -0.4 is 51.4 Å². The second-order valence-electron chi connectivity index (χ2n) is 7.25. The second-order valence-corrected chi connectivity index (χ2v) is 7.25. The van der Waals surface area contributed by atoms with E-state index < -0.39 is 0 Å². The van der Waals surface area contributed by atoms with Crippen LogP contribution in [0, 0.1) is 23.0 Å². The van der Waals surface area contributed by atoms with Crippen LogP contribution >= 0.6 is 0 Å². The molecule has 0 bridgehead atoms. The predicted octanol–water partition coefficient (Wildman–Crippen LogP) is 3.56. The van der Waals surface area contributed by atoms with E-state index in [4.69, 9.17) is 0 Å². The van der Waals surface area contributed by atoms with Gasteiger partial charge in [0.1, 0.15) is 0 Å². The average Bonchev–Trinajstić information content (AvgIpc) is 2.60. The number of hydrogen-bond acceptors (Lipinski definition) is 0. The summed E-state index contributed by atoms with van der Waals surface area (Å²) >= 11 is 0. The van der Waals surface area contributed by atoms with E-state index in [1.165, 1.54) is 33.4 Å². The van der Waals surface area contributed by atoms with Crippen LogP contribution in [0.1, 0.15) is 73.5 Å². The van der Waals surface area contributed by atoms with Crippen molar-refractivity contribution in [1.82, 2.24) is 0 Å². The van der Waals surface area contributed by atoms with E-state index >= 15 is 0 Å². The van der Waals surface area contributed by atoms with Gasteiger partial charge in [0.25, 0.3) is 0 Å². The molecule has 0 spiro atoms. The Hall–Kier alpha value is 1.48. The molecule has 2 heteroatoms. The van der Waals surface area contributed by atoms with Gasteiger partial charge in [-0.3, -0.25) is 12.2 Å². The van der Waals surface area contributed by atoms with Crippen molar-refractivity contribution in [3.63, 3.8) is 0 Å². The van der Waals surface area contributed by atoms with Crippen molar-refractivity contribution in [1.29, 1.82) is 0 Å². The van der Waals surface area contributed by atoms with Gasteiger partial charge in [0.05, 0.1) is 0 Å². The van der Waals surface area contributed by atoms with E-state index in [9.17, 15) is 0 Å². The van der Waals surface area contributed by atoms with E-state index in [0.717, 1.165) is 0 Å². The van der Waals surface area contributed by atoms with Crippen LogP contribution in [0.3, 0.4) is 0 Å². The molecule has 0 aromatic carbocycles. The quantitative estimate of drug-likeness (QED) is 0.428. The van der Waals surface area contributed by atoms with E-state index in [2.05, 4.69) is 81.4 Å². The Labute approximate surface area is 205 Å². The van der Waals surface area contributed by atoms with Gasteiger partial charge in [-0.2, -0.15) is 22.3 Å². The Morgan fingerprint density at radius 1 is 0.636 bits per heavy atom. The van der Waals surface area contributed by atoms with Crippen LogP contribution in [0.25, 0.3) is 0 Å². The molecule has 0 aliphatic heterocycles. The molecular formula is C20H33KZr. The smallest absolute Gasteiger partial charge is 1.00 e. The van der Waals surface area contributed by atoms with Crippen molar-refractivity contribution in [3.8, 4) is 0 Å². The van der Waals surface area contributed by atoms with Gasteiger partial charge in [0, 0.05) is 0 Å². The van der Waals surface area contributed by atoms with Gasteiger partial charge < -0.3 is 4.28 Å². The molecule has 0 atom stereocenters. The number of allylic oxidation sites excluding steroid dienone is 8. The fourth-order valence-electron chi connectivity index (χ4n) is 2.81. The van der Waals surface area contributed by atoms with Crippen molar-refractivity contribution in [2.24, 2.45) is 10.8 Å². The molecule has 0 nitrogen and oxygen atoms in total. The molecule has 0 fully saturated rings. The summed E-state index contributed by atoms with van der Waals surface area (Å²) in [5, 5.41) is 0. The standard InChI is InChI=1S/2C10H15.K.Zr.3H/c2*1-7-6-10(4,5)9(3)8(7)2;;;;;/h2*1-5H3;;;;;/q2*-1;+1;+4;3*-1. The van der Waals surface area contributed by atoms with E-state index in [1.807, 2.05) is 0 Å². The van der Waals surface area contributed by atoms with E-state index in [1.54, 1.807) is 0 Å². The summed E-state index contributed by atoms with van der Waals surface area (Å²) in [4.78, 5) is 0. The molecule has 0 aromatic heterocycles. The van der Waals surface area contributed by atoms with Gasteiger partial charge in [-0.05, 0) is 0 Å². The third-order valence-corrected chi connectivity index (χ3v) is 5.12. The van der Waals surface area contributed by atoms with Crippen LogP contribution in [0.2, 0.25) is 0 Å². The molecule has 0 saturated heterocycles. The first kappa shape index (κ1) is 25.7. The fourth-order valence-corrected chi connectivity index (χ4v) is 2.81. The Morgan fingerprint density at radius 2 is 0.864 bits per heavy atom. The number of rotatable bonds is 0. The Bertz CT molecular complexity index is 503. The van der Waals surface area contributed by atoms with Gasteiger partial charge in [-0.15, -0.1) is 13.8 Å². The van der Waals surface area contributed by atoms with Crippen LogP contribution in [0.4, 0.5) is 0 Å². The average molecular weight is 404 g/mol. The molecule has 0 saturated carbocycles. The van der Waals surface area contributed by atoms with Crippen molar-refractivity contribution in [3.05, 3.63) is 45.6 Å². The molecule has 22 heavy (non-hydrogen) atoms. The van der Waals surface area contributed by atoms with Gasteiger partial charge in [0.15, 0.2) is 0 Å². The molecule has 0 N–H and O–H groups in total. The van der Waals surface area contributed by atoms with Crippen LogP contribution in [0.5, 0.6) is 0 Å². The zero-order valence-electron chi connectivity index (χ0n) is 19.5. The third kappa shape index (κ3) is 5.78. The molecule has 0 radical (unpaired) electrons. The summed E-state index contributed by atoms with van der Waals surface area (Å²) in [6.07, 6.45) is 6.87. The van der Waals surface area contributed by atoms with Gasteiger partial charge >= 0.3 is 77.6 Å². The van der Waals surface area contributed by atoms with Crippen molar-refractivity contribution >= 4 is 0 Å². The molecule has 0 amide bonds. The fraction of sp³-hybridized carbons (Fsp3) is 0.600. The maximum atomic E-state index is 3.44. The monoisotopic (exact) mass is 402 g/mol. The maximum absolute atomic E-state index is 3.44. The van der Waals surface area contributed by atoms with Crippen LogP contribution in [0.15, 0.2) is 33.4 Å². The molecule has 2 aliphatic carbocycles. The Morgan fingerprint density at radius 3 is 0.909 bits per heavy atom. The van der Waals surface area contributed by atoms with Gasteiger partial charge in [-0.1, -0.05) is 66.2 Å². The molecular weight excluding hydrogens is 371 g/mol. The molecule has 2 aliphatic rings. The topological polar surface area (TPSA) is 0 Å². The van der Waals surface area contributed by atoms with Crippen molar-refractivity contribution in [2.75, 3.05) is 0 Å². The summed E-state index contributed by atoms with van der Waals surface area (Å²) in [6, 6.07) is 0. The normalized spacial score (nSPS) is 21.4. The predicted molar refractivity (Wildman–Crippen MR) is 92.5 cm³/mol. The van der Waals surface area contributed by atoms with Crippen LogP contribution in [-0.4, -0.2) is 0 Å². The molecule has 118 valence electrons. The summed E-state index contributed by atoms with van der Waals surface area (Å²) in [7, 11) is 0. The van der Waals surface area contributed by atoms with Crippen molar-refractivity contribution in [2.45, 2.75) is 69.2 Å². The molecule has 0 heterocycles. The third-order valence-electron chi connectivity index (χ3n) is 5.12. The zero-order chi connectivity index (χ0) is 15.9. The summed E-state index contributed by atoms with van der Waals surface area (Å²) < 4.78 is 0. The first-order valence-electron chi connectivity index (χ1n) is 7.50. The van der Waals surface area contributed by atoms with Gasteiger partial charge in [-0.25, -0.2) is 11.1 Å². The van der Waals surface area contributed by atoms with E-state index in [-0.39, 0.29) is 92.7 Å². The summed E-state index contributed by atoms with van der Waals surface area (Å²) in [5.41, 5.74) is 8.79. The number of hydrogen-bond donors (Lipinski definition) is 0.